The summed E-state index contributed by atoms with van der Waals surface area (Å²) in [7, 11) is 0. The fourth-order valence-electron chi connectivity index (χ4n) is 1.54. The number of aryl methyl sites for hydroxylation is 2. The standard InChI is InChI=1S/C12H17N3O3/c1-8-6-9(2)15-10(14-8)7-13-11(16)4-3-5-12(17)18/h6H,3-5,7H2,1-2H3,(H,13,16)(H,17,18). The first kappa shape index (κ1) is 14.1. The monoisotopic (exact) mass is 251 g/mol. The van der Waals surface area contributed by atoms with Crippen molar-refractivity contribution in [3.63, 3.8) is 0 Å². The van der Waals surface area contributed by atoms with Crippen LogP contribution in [0.1, 0.15) is 36.5 Å². The fourth-order valence-corrected chi connectivity index (χ4v) is 1.54. The third-order valence-electron chi connectivity index (χ3n) is 2.27. The molecule has 1 heterocycles. The average Bonchev–Trinajstić information content (AvgIpc) is 2.24. The third kappa shape index (κ3) is 5.38. The van der Waals surface area contributed by atoms with Crippen molar-refractivity contribution in [3.05, 3.63) is 23.3 Å². The molecular formula is C12H17N3O3. The summed E-state index contributed by atoms with van der Waals surface area (Å²) in [6, 6.07) is 1.86. The number of rotatable bonds is 6. The molecule has 0 saturated heterocycles. The Hall–Kier alpha value is -1.98. The van der Waals surface area contributed by atoms with Gasteiger partial charge in [0.15, 0.2) is 0 Å². The van der Waals surface area contributed by atoms with Gasteiger partial charge in [0.05, 0.1) is 6.54 Å². The van der Waals surface area contributed by atoms with Crippen molar-refractivity contribution in [1.82, 2.24) is 15.3 Å². The minimum Gasteiger partial charge on any atom is -0.481 e. The Morgan fingerprint density at radius 1 is 1.22 bits per heavy atom. The third-order valence-corrected chi connectivity index (χ3v) is 2.27. The van der Waals surface area contributed by atoms with Crippen LogP contribution in [0.2, 0.25) is 0 Å². The Morgan fingerprint density at radius 2 is 1.83 bits per heavy atom. The van der Waals surface area contributed by atoms with Gasteiger partial charge in [0.2, 0.25) is 5.91 Å². The van der Waals surface area contributed by atoms with Crippen LogP contribution in [0, 0.1) is 13.8 Å². The van der Waals surface area contributed by atoms with Gasteiger partial charge in [-0.15, -0.1) is 0 Å². The second-order valence-corrected chi connectivity index (χ2v) is 4.09. The molecular weight excluding hydrogens is 234 g/mol. The maximum atomic E-state index is 11.4. The zero-order valence-electron chi connectivity index (χ0n) is 10.6. The van der Waals surface area contributed by atoms with Crippen LogP contribution in [0.15, 0.2) is 6.07 Å². The van der Waals surface area contributed by atoms with Crippen LogP contribution in [0.4, 0.5) is 0 Å². The summed E-state index contributed by atoms with van der Waals surface area (Å²) in [5, 5.41) is 11.1. The van der Waals surface area contributed by atoms with Crippen LogP contribution < -0.4 is 5.32 Å². The summed E-state index contributed by atoms with van der Waals surface area (Å²) in [4.78, 5) is 30.1. The van der Waals surface area contributed by atoms with Gasteiger partial charge in [-0.2, -0.15) is 0 Å². The molecule has 0 fully saturated rings. The van der Waals surface area contributed by atoms with Crippen molar-refractivity contribution in [3.8, 4) is 0 Å². The zero-order valence-corrected chi connectivity index (χ0v) is 10.6. The fraction of sp³-hybridized carbons (Fsp3) is 0.500. The molecule has 0 aliphatic heterocycles. The van der Waals surface area contributed by atoms with Crippen molar-refractivity contribution in [1.29, 1.82) is 0 Å². The second-order valence-electron chi connectivity index (χ2n) is 4.09. The largest absolute Gasteiger partial charge is 0.481 e. The lowest BCUT2D eigenvalue weighted by Gasteiger charge is -2.05. The topological polar surface area (TPSA) is 92.2 Å². The zero-order chi connectivity index (χ0) is 13.5. The van der Waals surface area contributed by atoms with E-state index in [1.165, 1.54) is 0 Å². The Bertz CT molecular complexity index is 426. The lowest BCUT2D eigenvalue weighted by atomic mass is 10.2. The molecule has 18 heavy (non-hydrogen) atoms. The van der Waals surface area contributed by atoms with Gasteiger partial charge in [0.1, 0.15) is 5.82 Å². The SMILES string of the molecule is Cc1cc(C)nc(CNC(=O)CCCC(=O)O)n1. The Balaban J connectivity index is 2.35. The maximum absolute atomic E-state index is 11.4. The van der Waals surface area contributed by atoms with Crippen molar-refractivity contribution < 1.29 is 14.7 Å². The minimum absolute atomic E-state index is 0.00741. The van der Waals surface area contributed by atoms with Gasteiger partial charge in [-0.25, -0.2) is 9.97 Å². The molecule has 6 heteroatoms. The summed E-state index contributed by atoms with van der Waals surface area (Å²) in [5.41, 5.74) is 1.72. The summed E-state index contributed by atoms with van der Waals surface area (Å²) < 4.78 is 0. The van der Waals surface area contributed by atoms with E-state index in [1.54, 1.807) is 0 Å². The quantitative estimate of drug-likeness (QED) is 0.785. The molecule has 1 rings (SSSR count). The van der Waals surface area contributed by atoms with Crippen molar-refractivity contribution >= 4 is 11.9 Å². The van der Waals surface area contributed by atoms with E-state index in [4.69, 9.17) is 5.11 Å². The molecule has 98 valence electrons. The highest BCUT2D eigenvalue weighted by atomic mass is 16.4. The number of nitrogens with zero attached hydrogens (tertiary/aromatic N) is 2. The number of carboxylic acids is 1. The first-order valence-corrected chi connectivity index (χ1v) is 5.77. The van der Waals surface area contributed by atoms with Gasteiger partial charge in [-0.05, 0) is 26.3 Å². The Labute approximate surface area is 105 Å². The van der Waals surface area contributed by atoms with E-state index < -0.39 is 5.97 Å². The van der Waals surface area contributed by atoms with Crippen LogP contribution in [-0.4, -0.2) is 27.0 Å². The summed E-state index contributed by atoms with van der Waals surface area (Å²) in [6.45, 7) is 4.01. The van der Waals surface area contributed by atoms with E-state index in [2.05, 4.69) is 15.3 Å². The lowest BCUT2D eigenvalue weighted by Crippen LogP contribution is -2.24. The van der Waals surface area contributed by atoms with Gasteiger partial charge in [-0.3, -0.25) is 9.59 Å². The highest BCUT2D eigenvalue weighted by Crippen LogP contribution is 2.00. The Morgan fingerprint density at radius 3 is 2.39 bits per heavy atom. The molecule has 6 nitrogen and oxygen atoms in total. The van der Waals surface area contributed by atoms with E-state index in [1.807, 2.05) is 19.9 Å². The molecule has 0 unspecified atom stereocenters. The summed E-state index contributed by atoms with van der Waals surface area (Å²) in [6.07, 6.45) is 0.555. The molecule has 1 amide bonds. The van der Waals surface area contributed by atoms with E-state index in [9.17, 15) is 9.59 Å². The van der Waals surface area contributed by atoms with E-state index in [0.717, 1.165) is 11.4 Å². The number of nitrogens with one attached hydrogen (secondary N) is 1. The molecule has 0 bridgehead atoms. The normalized spacial score (nSPS) is 10.1. The average molecular weight is 251 g/mol. The molecule has 2 N–H and O–H groups in total. The maximum Gasteiger partial charge on any atom is 0.303 e. The number of amides is 1. The minimum atomic E-state index is -0.888. The molecule has 0 aliphatic rings. The van der Waals surface area contributed by atoms with Gasteiger partial charge in [0.25, 0.3) is 0 Å². The molecule has 0 spiro atoms. The van der Waals surface area contributed by atoms with Crippen LogP contribution in [0.3, 0.4) is 0 Å². The lowest BCUT2D eigenvalue weighted by molar-refractivity contribution is -0.137. The van der Waals surface area contributed by atoms with Crippen LogP contribution in [-0.2, 0) is 16.1 Å². The van der Waals surface area contributed by atoms with Gasteiger partial charge < -0.3 is 10.4 Å². The number of aromatic nitrogens is 2. The van der Waals surface area contributed by atoms with Crippen molar-refractivity contribution in [2.45, 2.75) is 39.7 Å². The first-order valence-electron chi connectivity index (χ1n) is 5.77. The number of hydrogen-bond donors (Lipinski definition) is 2. The van der Waals surface area contributed by atoms with Gasteiger partial charge in [0, 0.05) is 24.2 Å². The molecule has 0 aromatic carbocycles. The van der Waals surface area contributed by atoms with Gasteiger partial charge in [-0.1, -0.05) is 0 Å². The molecule has 0 atom stereocenters. The molecule has 0 radical (unpaired) electrons. The predicted octanol–water partition coefficient (Wildman–Crippen LogP) is 0.965. The van der Waals surface area contributed by atoms with E-state index in [0.29, 0.717) is 12.2 Å². The summed E-state index contributed by atoms with van der Waals surface area (Å²) >= 11 is 0. The smallest absolute Gasteiger partial charge is 0.303 e. The number of carboxylic acid groups (broad SMARTS) is 1. The number of carbonyl (C=O) groups excluding carboxylic acids is 1. The summed E-state index contributed by atoms with van der Waals surface area (Å²) in [5.74, 6) is -0.501. The molecule has 0 aliphatic carbocycles. The van der Waals surface area contributed by atoms with Gasteiger partial charge >= 0.3 is 5.97 Å². The predicted molar refractivity (Wildman–Crippen MR) is 64.8 cm³/mol. The van der Waals surface area contributed by atoms with Crippen LogP contribution in [0.5, 0.6) is 0 Å². The van der Waals surface area contributed by atoms with Crippen LogP contribution in [0.25, 0.3) is 0 Å². The van der Waals surface area contributed by atoms with Crippen molar-refractivity contribution in [2.75, 3.05) is 0 Å². The highest BCUT2D eigenvalue weighted by molar-refractivity contribution is 5.76. The van der Waals surface area contributed by atoms with Crippen molar-refractivity contribution in [2.24, 2.45) is 0 Å². The highest BCUT2D eigenvalue weighted by Gasteiger charge is 2.05. The van der Waals surface area contributed by atoms with Crippen LogP contribution >= 0.6 is 0 Å². The van der Waals surface area contributed by atoms with E-state index in [-0.39, 0.29) is 25.3 Å². The Kier molecular flexibility index (Phi) is 5.23. The second kappa shape index (κ2) is 6.68. The first-order chi connectivity index (χ1) is 8.47. The molecule has 1 aromatic rings. The number of hydrogen-bond acceptors (Lipinski definition) is 4. The van der Waals surface area contributed by atoms with E-state index >= 15 is 0 Å². The molecule has 0 saturated carbocycles. The number of aliphatic carboxylic acids is 1. The number of carbonyl (C=O) groups is 2. The molecule has 1 aromatic heterocycles.